The van der Waals surface area contributed by atoms with Crippen LogP contribution >= 0.6 is 0 Å². The van der Waals surface area contributed by atoms with E-state index < -0.39 is 0 Å². The molecule has 1 aliphatic carbocycles. The van der Waals surface area contributed by atoms with E-state index in [0.29, 0.717) is 5.69 Å². The summed E-state index contributed by atoms with van der Waals surface area (Å²) in [5.74, 6) is 1.93. The van der Waals surface area contributed by atoms with E-state index >= 15 is 0 Å². The van der Waals surface area contributed by atoms with Gasteiger partial charge in [0, 0.05) is 26.6 Å². The zero-order valence-corrected chi connectivity index (χ0v) is 14.6. The number of amides is 1. The lowest BCUT2D eigenvalue weighted by Crippen LogP contribution is -2.23. The first kappa shape index (κ1) is 16.5. The third kappa shape index (κ3) is 3.77. The van der Waals surface area contributed by atoms with Crippen LogP contribution in [0.2, 0.25) is 0 Å². The summed E-state index contributed by atoms with van der Waals surface area (Å²) in [4.78, 5) is 19.3. The number of carbonyl (C=O) groups is 1. The molecular formula is C18H30N4O. The molecular weight excluding hydrogens is 288 g/mol. The Morgan fingerprint density at radius 1 is 1.22 bits per heavy atom. The number of aromatic nitrogens is 2. The third-order valence-electron chi connectivity index (χ3n) is 5.44. The average Bonchev–Trinajstić information content (AvgIpc) is 2.78. The molecule has 2 heterocycles. The zero-order valence-electron chi connectivity index (χ0n) is 14.6. The van der Waals surface area contributed by atoms with Crippen LogP contribution in [0.4, 0.5) is 0 Å². The van der Waals surface area contributed by atoms with Gasteiger partial charge in [0.1, 0.15) is 5.82 Å². The highest BCUT2D eigenvalue weighted by molar-refractivity contribution is 5.93. The molecule has 2 aliphatic rings. The van der Waals surface area contributed by atoms with Crippen LogP contribution in [0, 0.1) is 5.92 Å². The van der Waals surface area contributed by atoms with Gasteiger partial charge in [-0.2, -0.15) is 0 Å². The number of nitrogens with zero attached hydrogens (tertiary/aromatic N) is 3. The van der Waals surface area contributed by atoms with E-state index in [0.717, 1.165) is 49.9 Å². The first-order valence-corrected chi connectivity index (χ1v) is 9.18. The predicted octanol–water partition coefficient (Wildman–Crippen LogP) is 2.59. The number of aryl methyl sites for hydroxylation is 1. The normalized spacial score (nSPS) is 20.1. The van der Waals surface area contributed by atoms with Crippen LogP contribution in [-0.2, 0) is 19.5 Å². The standard InChI is InChI=1S/C18H30N4O/c1-19-18(23)17-15-13-21(2)11-6-12-22(15)16(20-17)10-9-14-7-4-3-5-8-14/h14H,3-13H2,1-2H3,(H,19,23). The Morgan fingerprint density at radius 2 is 2.00 bits per heavy atom. The quantitative estimate of drug-likeness (QED) is 0.928. The summed E-state index contributed by atoms with van der Waals surface area (Å²) in [6, 6.07) is 0. The summed E-state index contributed by atoms with van der Waals surface area (Å²) in [7, 11) is 3.81. The van der Waals surface area contributed by atoms with Gasteiger partial charge in [-0.1, -0.05) is 32.1 Å². The van der Waals surface area contributed by atoms with Gasteiger partial charge in [-0.3, -0.25) is 4.79 Å². The van der Waals surface area contributed by atoms with E-state index in [1.165, 1.54) is 38.5 Å². The Balaban J connectivity index is 1.80. The summed E-state index contributed by atoms with van der Waals surface area (Å²) in [6.07, 6.45) is 10.3. The molecule has 0 unspecified atom stereocenters. The van der Waals surface area contributed by atoms with Crippen molar-refractivity contribution in [1.82, 2.24) is 19.8 Å². The van der Waals surface area contributed by atoms with Gasteiger partial charge in [0.2, 0.25) is 0 Å². The van der Waals surface area contributed by atoms with E-state index in [9.17, 15) is 4.79 Å². The molecule has 1 saturated carbocycles. The number of hydrogen-bond acceptors (Lipinski definition) is 3. The lowest BCUT2D eigenvalue weighted by atomic mass is 9.86. The van der Waals surface area contributed by atoms with E-state index in [-0.39, 0.29) is 5.91 Å². The molecule has 1 amide bonds. The van der Waals surface area contributed by atoms with Gasteiger partial charge < -0.3 is 14.8 Å². The van der Waals surface area contributed by atoms with Crippen LogP contribution in [0.15, 0.2) is 0 Å². The van der Waals surface area contributed by atoms with Crippen molar-refractivity contribution in [2.24, 2.45) is 5.92 Å². The first-order chi connectivity index (χ1) is 11.2. The second kappa shape index (κ2) is 7.47. The van der Waals surface area contributed by atoms with Crippen LogP contribution in [0.25, 0.3) is 0 Å². The number of imidazole rings is 1. The van der Waals surface area contributed by atoms with Gasteiger partial charge in [-0.15, -0.1) is 0 Å². The molecule has 1 fully saturated rings. The van der Waals surface area contributed by atoms with Crippen LogP contribution in [-0.4, -0.2) is 41.0 Å². The largest absolute Gasteiger partial charge is 0.354 e. The van der Waals surface area contributed by atoms with Crippen molar-refractivity contribution in [3.8, 4) is 0 Å². The molecule has 1 aromatic heterocycles. The van der Waals surface area contributed by atoms with Crippen LogP contribution in [0.1, 0.15) is 67.0 Å². The van der Waals surface area contributed by atoms with Gasteiger partial charge in [0.15, 0.2) is 5.69 Å². The summed E-state index contributed by atoms with van der Waals surface area (Å²) in [5, 5.41) is 2.75. The van der Waals surface area contributed by atoms with Gasteiger partial charge in [0.25, 0.3) is 5.91 Å². The SMILES string of the molecule is CNC(=O)c1nc(CCC2CCCCC2)n2c1CN(C)CCC2. The maximum atomic E-state index is 12.2. The second-order valence-electron chi connectivity index (χ2n) is 7.19. The number of rotatable bonds is 4. The van der Waals surface area contributed by atoms with Crippen molar-refractivity contribution in [1.29, 1.82) is 0 Å². The minimum absolute atomic E-state index is 0.0482. The van der Waals surface area contributed by atoms with E-state index in [4.69, 9.17) is 4.98 Å². The minimum atomic E-state index is -0.0482. The molecule has 1 N–H and O–H groups in total. The van der Waals surface area contributed by atoms with Crippen molar-refractivity contribution in [2.75, 3.05) is 20.6 Å². The maximum Gasteiger partial charge on any atom is 0.271 e. The Hall–Kier alpha value is -1.36. The molecule has 5 nitrogen and oxygen atoms in total. The van der Waals surface area contributed by atoms with Crippen LogP contribution in [0.3, 0.4) is 0 Å². The fourth-order valence-electron chi connectivity index (χ4n) is 4.10. The minimum Gasteiger partial charge on any atom is -0.354 e. The van der Waals surface area contributed by atoms with E-state index in [1.54, 1.807) is 7.05 Å². The number of nitrogens with one attached hydrogen (secondary N) is 1. The molecule has 0 saturated heterocycles. The maximum absolute atomic E-state index is 12.2. The highest BCUT2D eigenvalue weighted by atomic mass is 16.1. The third-order valence-corrected chi connectivity index (χ3v) is 5.44. The lowest BCUT2D eigenvalue weighted by Gasteiger charge is -2.21. The van der Waals surface area contributed by atoms with Crippen molar-refractivity contribution in [3.63, 3.8) is 0 Å². The molecule has 3 rings (SSSR count). The predicted molar refractivity (Wildman–Crippen MR) is 91.5 cm³/mol. The topological polar surface area (TPSA) is 50.2 Å². The molecule has 0 aromatic carbocycles. The molecule has 1 aromatic rings. The molecule has 1 aliphatic heterocycles. The van der Waals surface area contributed by atoms with Gasteiger partial charge in [0.05, 0.1) is 5.69 Å². The Kier molecular flexibility index (Phi) is 5.36. The van der Waals surface area contributed by atoms with E-state index in [2.05, 4.69) is 21.8 Å². The Labute approximate surface area is 139 Å². The molecule has 0 spiro atoms. The van der Waals surface area contributed by atoms with Crippen molar-refractivity contribution >= 4 is 5.91 Å². The van der Waals surface area contributed by atoms with Gasteiger partial charge in [-0.25, -0.2) is 4.98 Å². The molecule has 0 radical (unpaired) electrons. The van der Waals surface area contributed by atoms with Crippen molar-refractivity contribution < 1.29 is 4.79 Å². The van der Waals surface area contributed by atoms with Crippen LogP contribution in [0.5, 0.6) is 0 Å². The van der Waals surface area contributed by atoms with Crippen LogP contribution < -0.4 is 5.32 Å². The van der Waals surface area contributed by atoms with E-state index in [1.807, 2.05) is 0 Å². The summed E-state index contributed by atoms with van der Waals surface area (Å²) >= 11 is 0. The lowest BCUT2D eigenvalue weighted by molar-refractivity contribution is 0.0956. The smallest absolute Gasteiger partial charge is 0.271 e. The number of fused-ring (bicyclic) bond motifs is 1. The molecule has 5 heteroatoms. The summed E-state index contributed by atoms with van der Waals surface area (Å²) in [6.45, 7) is 2.89. The monoisotopic (exact) mass is 318 g/mol. The highest BCUT2D eigenvalue weighted by Gasteiger charge is 2.25. The average molecular weight is 318 g/mol. The zero-order chi connectivity index (χ0) is 16.2. The first-order valence-electron chi connectivity index (χ1n) is 9.18. The van der Waals surface area contributed by atoms with Crippen molar-refractivity contribution in [3.05, 3.63) is 17.2 Å². The fraction of sp³-hybridized carbons (Fsp3) is 0.778. The second-order valence-corrected chi connectivity index (χ2v) is 7.19. The molecule has 128 valence electrons. The molecule has 0 bridgehead atoms. The Bertz CT molecular complexity index is 545. The van der Waals surface area contributed by atoms with Gasteiger partial charge >= 0.3 is 0 Å². The highest BCUT2D eigenvalue weighted by Crippen LogP contribution is 2.28. The van der Waals surface area contributed by atoms with Gasteiger partial charge in [-0.05, 0) is 32.4 Å². The fourth-order valence-corrected chi connectivity index (χ4v) is 4.10. The van der Waals surface area contributed by atoms with Crippen molar-refractivity contribution in [2.45, 2.75) is 64.5 Å². The Morgan fingerprint density at radius 3 is 2.74 bits per heavy atom. The number of hydrogen-bond donors (Lipinski definition) is 1. The summed E-state index contributed by atoms with van der Waals surface area (Å²) in [5.41, 5.74) is 1.74. The molecule has 0 atom stereocenters. The molecule has 23 heavy (non-hydrogen) atoms. The number of carbonyl (C=O) groups excluding carboxylic acids is 1. The summed E-state index contributed by atoms with van der Waals surface area (Å²) < 4.78 is 2.33.